The minimum absolute atomic E-state index is 0.0860. The molecule has 170 valence electrons. The monoisotopic (exact) mass is 471 g/mol. The Labute approximate surface area is 199 Å². The molecule has 3 aromatic carbocycles. The van der Waals surface area contributed by atoms with Gasteiger partial charge in [-0.3, -0.25) is 9.59 Å². The quantitative estimate of drug-likeness (QED) is 0.341. The Hall–Kier alpha value is -4.24. The zero-order valence-corrected chi connectivity index (χ0v) is 18.8. The summed E-state index contributed by atoms with van der Waals surface area (Å²) >= 11 is 1.44. The summed E-state index contributed by atoms with van der Waals surface area (Å²) in [5.41, 5.74) is 9.36. The number of carbonyl (C=O) groups excluding carboxylic acids is 3. The largest absolute Gasteiger partial charge is 0.366 e. The van der Waals surface area contributed by atoms with Crippen molar-refractivity contribution in [3.05, 3.63) is 84.1 Å². The summed E-state index contributed by atoms with van der Waals surface area (Å²) in [6, 6.07) is 19.7. The van der Waals surface area contributed by atoms with Gasteiger partial charge in [-0.2, -0.15) is 0 Å². The van der Waals surface area contributed by atoms with Gasteiger partial charge in [0, 0.05) is 33.2 Å². The number of carbonyl (C=O) groups is 3. The number of hydrogen-bond donors (Lipinski definition) is 4. The van der Waals surface area contributed by atoms with Crippen molar-refractivity contribution in [2.45, 2.75) is 11.4 Å². The molecule has 0 fully saturated rings. The maximum atomic E-state index is 12.8. The lowest BCUT2D eigenvalue weighted by Gasteiger charge is -2.30. The number of benzene rings is 3. The predicted molar refractivity (Wildman–Crippen MR) is 134 cm³/mol. The lowest BCUT2D eigenvalue weighted by molar-refractivity contribution is -0.116. The highest BCUT2D eigenvalue weighted by Gasteiger charge is 2.26. The number of para-hydroxylation sites is 1. The van der Waals surface area contributed by atoms with E-state index >= 15 is 0 Å². The van der Waals surface area contributed by atoms with Gasteiger partial charge < -0.3 is 26.3 Å². The molecule has 34 heavy (non-hydrogen) atoms. The summed E-state index contributed by atoms with van der Waals surface area (Å²) in [7, 11) is 0. The van der Waals surface area contributed by atoms with Gasteiger partial charge in [-0.1, -0.05) is 36.4 Å². The van der Waals surface area contributed by atoms with E-state index < -0.39 is 11.9 Å². The number of nitrogens with one attached hydrogen (secondary N) is 3. The number of thioether (sulfide) groups is 1. The van der Waals surface area contributed by atoms with E-state index in [1.165, 1.54) is 11.8 Å². The Morgan fingerprint density at radius 3 is 2.68 bits per heavy atom. The van der Waals surface area contributed by atoms with E-state index in [-0.39, 0.29) is 12.5 Å². The van der Waals surface area contributed by atoms with Gasteiger partial charge in [-0.15, -0.1) is 11.8 Å². The molecule has 0 saturated heterocycles. The third kappa shape index (κ3) is 4.20. The Morgan fingerprint density at radius 1 is 1.03 bits per heavy atom. The van der Waals surface area contributed by atoms with E-state index in [1.807, 2.05) is 30.3 Å². The van der Waals surface area contributed by atoms with E-state index in [1.54, 1.807) is 47.5 Å². The number of hydrogen-bond acceptors (Lipinski definition) is 4. The maximum absolute atomic E-state index is 12.8. The van der Waals surface area contributed by atoms with Crippen molar-refractivity contribution in [2.24, 2.45) is 5.73 Å². The van der Waals surface area contributed by atoms with Crippen LogP contribution in [0.2, 0.25) is 0 Å². The van der Waals surface area contributed by atoms with Crippen LogP contribution < -0.4 is 21.3 Å². The van der Waals surface area contributed by atoms with Crippen molar-refractivity contribution in [3.63, 3.8) is 0 Å². The number of nitrogens with two attached hydrogens (primary N) is 1. The topological polar surface area (TPSA) is 120 Å². The fourth-order valence-electron chi connectivity index (χ4n) is 3.98. The van der Waals surface area contributed by atoms with Crippen molar-refractivity contribution in [1.29, 1.82) is 0 Å². The Bertz CT molecular complexity index is 1430. The third-order valence-electron chi connectivity index (χ3n) is 5.61. The van der Waals surface area contributed by atoms with Crippen molar-refractivity contribution in [3.8, 4) is 0 Å². The average molecular weight is 472 g/mol. The number of anilines is 3. The Morgan fingerprint density at radius 2 is 1.82 bits per heavy atom. The number of primary amides is 1. The lowest BCUT2D eigenvalue weighted by Crippen LogP contribution is -2.35. The SMILES string of the molecule is NC(=O)c1ccccc1CN1C(=O)CSc2ccc(NC(=O)Nc3c[nH]c4ccccc34)cc21. The van der Waals surface area contributed by atoms with E-state index in [0.717, 1.165) is 15.8 Å². The molecule has 0 atom stereocenters. The molecular weight excluding hydrogens is 450 g/mol. The second-order valence-corrected chi connectivity index (χ2v) is 8.82. The highest BCUT2D eigenvalue weighted by molar-refractivity contribution is 8.00. The van der Waals surface area contributed by atoms with E-state index in [0.29, 0.717) is 33.9 Å². The average Bonchev–Trinajstić information content (AvgIpc) is 3.24. The van der Waals surface area contributed by atoms with Crippen molar-refractivity contribution in [1.82, 2.24) is 4.98 Å². The van der Waals surface area contributed by atoms with Crippen LogP contribution in [0.1, 0.15) is 15.9 Å². The molecule has 9 heteroatoms. The molecule has 0 radical (unpaired) electrons. The summed E-state index contributed by atoms with van der Waals surface area (Å²) in [6.45, 7) is 0.205. The number of H-pyrrole nitrogens is 1. The van der Waals surface area contributed by atoms with Crippen LogP contribution in [0.4, 0.5) is 21.9 Å². The van der Waals surface area contributed by atoms with Gasteiger partial charge in [-0.05, 0) is 35.9 Å². The molecule has 2 heterocycles. The summed E-state index contributed by atoms with van der Waals surface area (Å²) < 4.78 is 0. The maximum Gasteiger partial charge on any atom is 0.323 e. The molecule has 4 amide bonds. The highest BCUT2D eigenvalue weighted by atomic mass is 32.2. The van der Waals surface area contributed by atoms with Gasteiger partial charge in [0.05, 0.1) is 23.7 Å². The first-order chi connectivity index (χ1) is 16.5. The summed E-state index contributed by atoms with van der Waals surface area (Å²) in [6.07, 6.45) is 1.74. The number of nitrogens with zero attached hydrogens (tertiary/aromatic N) is 1. The van der Waals surface area contributed by atoms with Crippen LogP contribution in [0.5, 0.6) is 0 Å². The van der Waals surface area contributed by atoms with Crippen molar-refractivity contribution < 1.29 is 14.4 Å². The van der Waals surface area contributed by atoms with Crippen LogP contribution in [-0.2, 0) is 11.3 Å². The second kappa shape index (κ2) is 8.95. The summed E-state index contributed by atoms with van der Waals surface area (Å²) in [5, 5.41) is 6.60. The van der Waals surface area contributed by atoms with Crippen LogP contribution in [0.15, 0.2) is 77.8 Å². The number of rotatable bonds is 5. The highest BCUT2D eigenvalue weighted by Crippen LogP contribution is 2.38. The zero-order chi connectivity index (χ0) is 23.7. The molecule has 0 aliphatic carbocycles. The normalized spacial score (nSPS) is 12.9. The van der Waals surface area contributed by atoms with Crippen LogP contribution in [0.3, 0.4) is 0 Å². The number of fused-ring (bicyclic) bond motifs is 2. The van der Waals surface area contributed by atoms with Crippen LogP contribution in [0, 0.1) is 0 Å². The first-order valence-corrected chi connectivity index (χ1v) is 11.6. The third-order valence-corrected chi connectivity index (χ3v) is 6.66. The van der Waals surface area contributed by atoms with Gasteiger partial charge in [0.15, 0.2) is 0 Å². The van der Waals surface area contributed by atoms with E-state index in [4.69, 9.17) is 5.73 Å². The molecule has 5 N–H and O–H groups in total. The molecule has 5 rings (SSSR count). The van der Waals surface area contributed by atoms with Crippen LogP contribution in [-0.4, -0.2) is 28.6 Å². The fourth-order valence-corrected chi connectivity index (χ4v) is 4.90. The van der Waals surface area contributed by atoms with Crippen LogP contribution >= 0.6 is 11.8 Å². The first kappa shape index (κ1) is 21.6. The molecule has 8 nitrogen and oxygen atoms in total. The van der Waals surface area contributed by atoms with Gasteiger partial charge in [0.2, 0.25) is 11.8 Å². The summed E-state index contributed by atoms with van der Waals surface area (Å²) in [5.74, 6) is -0.337. The van der Waals surface area contributed by atoms with Gasteiger partial charge in [0.1, 0.15) is 0 Å². The molecule has 0 unspecified atom stereocenters. The first-order valence-electron chi connectivity index (χ1n) is 10.6. The van der Waals surface area contributed by atoms with Gasteiger partial charge in [-0.25, -0.2) is 4.79 Å². The number of urea groups is 1. The summed E-state index contributed by atoms with van der Waals surface area (Å²) in [4.78, 5) is 43.0. The molecular formula is C25H21N5O3S. The standard InChI is InChI=1S/C25H21N5O3S/c26-24(32)17-6-2-1-5-15(17)13-30-21-11-16(9-10-22(21)34-14-23(30)31)28-25(33)29-20-12-27-19-8-4-3-7-18(19)20/h1-12,27H,13-14H2,(H2,26,32)(H2,28,29,33). The molecule has 0 bridgehead atoms. The molecule has 0 saturated carbocycles. The zero-order valence-electron chi connectivity index (χ0n) is 18.0. The smallest absolute Gasteiger partial charge is 0.323 e. The Kier molecular flexibility index (Phi) is 5.69. The second-order valence-electron chi connectivity index (χ2n) is 7.80. The van der Waals surface area contributed by atoms with E-state index in [9.17, 15) is 14.4 Å². The minimum atomic E-state index is -0.543. The predicted octanol–water partition coefficient (Wildman–Crippen LogP) is 4.55. The van der Waals surface area contributed by atoms with Crippen molar-refractivity contribution in [2.75, 3.05) is 21.3 Å². The number of aromatic nitrogens is 1. The van der Waals surface area contributed by atoms with Crippen LogP contribution in [0.25, 0.3) is 10.9 Å². The Balaban J connectivity index is 1.38. The minimum Gasteiger partial charge on any atom is -0.366 e. The fraction of sp³-hybridized carbons (Fsp3) is 0.0800. The molecule has 1 aromatic heterocycles. The number of aromatic amines is 1. The van der Waals surface area contributed by atoms with Gasteiger partial charge >= 0.3 is 6.03 Å². The molecule has 0 spiro atoms. The van der Waals surface area contributed by atoms with Crippen molar-refractivity contribution >= 4 is 57.6 Å². The molecule has 1 aliphatic rings. The molecule has 1 aliphatic heterocycles. The van der Waals surface area contributed by atoms with Gasteiger partial charge in [0.25, 0.3) is 0 Å². The number of amides is 4. The lowest BCUT2D eigenvalue weighted by atomic mass is 10.1. The molecule has 4 aromatic rings. The van der Waals surface area contributed by atoms with E-state index in [2.05, 4.69) is 15.6 Å².